The number of carbonyl (C=O) groups is 2. The van der Waals surface area contributed by atoms with Gasteiger partial charge in [0.25, 0.3) is 0 Å². The minimum atomic E-state index is -0.604. The zero-order valence-electron chi connectivity index (χ0n) is 26.2. The van der Waals surface area contributed by atoms with Gasteiger partial charge in [0.2, 0.25) is 0 Å². The highest BCUT2D eigenvalue weighted by Gasteiger charge is 2.32. The molecule has 0 rings (SSSR count). The van der Waals surface area contributed by atoms with Crippen LogP contribution in [0, 0.1) is 5.92 Å². The first-order chi connectivity index (χ1) is 18.5. The van der Waals surface area contributed by atoms with Crippen LogP contribution in [0.15, 0.2) is 0 Å². The predicted octanol–water partition coefficient (Wildman–Crippen LogP) is 10.2. The number of unbranched alkanes of at least 4 members (excludes halogenated alkanes) is 20. The molecule has 0 N–H and O–H groups in total. The molecular weight excluding hydrogens is 474 g/mol. The fourth-order valence-electron chi connectivity index (χ4n) is 5.04. The third-order valence-corrected chi connectivity index (χ3v) is 7.54. The number of hydrogen-bond donors (Lipinski definition) is 0. The molecule has 0 radical (unpaired) electrons. The van der Waals surface area contributed by atoms with Crippen molar-refractivity contribution in [3.63, 3.8) is 0 Å². The van der Waals surface area contributed by atoms with Crippen LogP contribution in [0.25, 0.3) is 0 Å². The van der Waals surface area contributed by atoms with Gasteiger partial charge in [-0.3, -0.25) is 4.90 Å². The van der Waals surface area contributed by atoms with E-state index in [9.17, 15) is 9.59 Å². The standard InChI is InChI=1S/C33H65NO4/c1-6-8-10-12-14-16-17-18-19-20-21-23-24-26-28-37-32(35)31(30(3)4)34(5)33(36)38-29-27-25-22-15-13-11-9-7-2/h30-31H,6-29H2,1-5H3. The summed E-state index contributed by atoms with van der Waals surface area (Å²) in [6, 6.07) is -0.604. The van der Waals surface area contributed by atoms with Crippen LogP contribution in [0.2, 0.25) is 0 Å². The van der Waals surface area contributed by atoms with Crippen molar-refractivity contribution in [2.24, 2.45) is 5.92 Å². The van der Waals surface area contributed by atoms with Crippen LogP contribution in [-0.4, -0.2) is 43.3 Å². The Kier molecular flexibility index (Phi) is 26.4. The number of carbonyl (C=O) groups excluding carboxylic acids is 2. The largest absolute Gasteiger partial charge is 0.464 e. The van der Waals surface area contributed by atoms with Gasteiger partial charge in [-0.15, -0.1) is 0 Å². The number of rotatable bonds is 27. The second-order valence-corrected chi connectivity index (χ2v) is 11.7. The van der Waals surface area contributed by atoms with Crippen LogP contribution in [-0.2, 0) is 14.3 Å². The van der Waals surface area contributed by atoms with Crippen molar-refractivity contribution in [1.29, 1.82) is 0 Å². The summed E-state index contributed by atoms with van der Waals surface area (Å²) in [5.74, 6) is -0.347. The lowest BCUT2D eigenvalue weighted by Crippen LogP contribution is -2.46. The molecule has 226 valence electrons. The molecule has 5 nitrogen and oxygen atoms in total. The molecule has 5 heteroatoms. The molecule has 0 bridgehead atoms. The molecule has 0 fully saturated rings. The van der Waals surface area contributed by atoms with E-state index in [4.69, 9.17) is 9.47 Å². The monoisotopic (exact) mass is 539 g/mol. The van der Waals surface area contributed by atoms with Gasteiger partial charge in [-0.2, -0.15) is 0 Å². The highest BCUT2D eigenvalue weighted by atomic mass is 16.6. The van der Waals surface area contributed by atoms with Crippen molar-refractivity contribution in [2.45, 2.75) is 175 Å². The average Bonchev–Trinajstić information content (AvgIpc) is 2.89. The highest BCUT2D eigenvalue weighted by molar-refractivity contribution is 5.81. The molecule has 0 aliphatic carbocycles. The van der Waals surface area contributed by atoms with Gasteiger partial charge in [-0.25, -0.2) is 9.59 Å². The first kappa shape index (κ1) is 36.7. The molecule has 0 saturated carbocycles. The van der Waals surface area contributed by atoms with Crippen molar-refractivity contribution in [3.05, 3.63) is 0 Å². The number of amides is 1. The first-order valence-corrected chi connectivity index (χ1v) is 16.5. The Morgan fingerprint density at radius 1 is 0.526 bits per heavy atom. The molecule has 0 saturated heterocycles. The summed E-state index contributed by atoms with van der Waals surface area (Å²) in [4.78, 5) is 26.6. The fraction of sp³-hybridized carbons (Fsp3) is 0.939. The number of esters is 1. The lowest BCUT2D eigenvalue weighted by Gasteiger charge is -2.28. The summed E-state index contributed by atoms with van der Waals surface area (Å²) >= 11 is 0. The molecule has 0 aromatic heterocycles. The molecule has 0 aromatic rings. The number of hydrogen-bond acceptors (Lipinski definition) is 4. The first-order valence-electron chi connectivity index (χ1n) is 16.5. The van der Waals surface area contributed by atoms with Crippen LogP contribution in [0.4, 0.5) is 4.79 Å². The molecule has 0 spiro atoms. The maximum Gasteiger partial charge on any atom is 0.410 e. The van der Waals surface area contributed by atoms with Crippen LogP contribution in [0.1, 0.15) is 169 Å². The van der Waals surface area contributed by atoms with Gasteiger partial charge in [0.1, 0.15) is 6.04 Å². The molecule has 1 atom stereocenters. The molecule has 0 aliphatic heterocycles. The number of nitrogens with zero attached hydrogens (tertiary/aromatic N) is 1. The summed E-state index contributed by atoms with van der Waals surface area (Å²) in [7, 11) is 1.65. The number of ether oxygens (including phenoxy) is 2. The maximum absolute atomic E-state index is 12.7. The normalized spacial score (nSPS) is 12.1. The van der Waals surface area contributed by atoms with E-state index in [0.29, 0.717) is 13.2 Å². The summed E-state index contributed by atoms with van der Waals surface area (Å²) < 4.78 is 11.0. The van der Waals surface area contributed by atoms with E-state index < -0.39 is 12.1 Å². The molecule has 38 heavy (non-hydrogen) atoms. The lowest BCUT2D eigenvalue weighted by atomic mass is 10.0. The average molecular weight is 540 g/mol. The van der Waals surface area contributed by atoms with Gasteiger partial charge in [-0.05, 0) is 18.8 Å². The summed E-state index contributed by atoms with van der Waals surface area (Å²) in [5.41, 5.74) is 0. The third kappa shape index (κ3) is 21.6. The molecule has 0 aliphatic rings. The van der Waals surface area contributed by atoms with E-state index >= 15 is 0 Å². The minimum absolute atomic E-state index is 0.0282. The summed E-state index contributed by atoms with van der Waals surface area (Å²) in [5, 5.41) is 0. The summed E-state index contributed by atoms with van der Waals surface area (Å²) in [6.45, 7) is 9.24. The SMILES string of the molecule is CCCCCCCCCCCCCCCCOC(=O)C(C(C)C)N(C)C(=O)OCCCCCCCCCC. The Morgan fingerprint density at radius 3 is 1.18 bits per heavy atom. The van der Waals surface area contributed by atoms with E-state index in [2.05, 4.69) is 13.8 Å². The number of likely N-dealkylation sites (N-methyl/N-ethyl adjacent to an activating group) is 1. The molecule has 1 unspecified atom stereocenters. The lowest BCUT2D eigenvalue weighted by molar-refractivity contribution is -0.150. The fourth-order valence-corrected chi connectivity index (χ4v) is 5.04. The van der Waals surface area contributed by atoms with E-state index in [1.54, 1.807) is 7.05 Å². The van der Waals surface area contributed by atoms with Gasteiger partial charge in [0.15, 0.2) is 0 Å². The van der Waals surface area contributed by atoms with Crippen molar-refractivity contribution < 1.29 is 19.1 Å². The van der Waals surface area contributed by atoms with Crippen molar-refractivity contribution in [2.75, 3.05) is 20.3 Å². The van der Waals surface area contributed by atoms with E-state index in [1.807, 2.05) is 13.8 Å². The molecule has 0 heterocycles. The smallest absolute Gasteiger partial charge is 0.410 e. The Labute approximate surface area is 237 Å². The third-order valence-electron chi connectivity index (χ3n) is 7.54. The van der Waals surface area contributed by atoms with Crippen LogP contribution in [0.5, 0.6) is 0 Å². The quantitative estimate of drug-likeness (QED) is 0.0769. The zero-order chi connectivity index (χ0) is 28.3. The van der Waals surface area contributed by atoms with Crippen LogP contribution in [0.3, 0.4) is 0 Å². The second-order valence-electron chi connectivity index (χ2n) is 11.7. The summed E-state index contributed by atoms with van der Waals surface area (Å²) in [6.07, 6.45) is 27.4. The minimum Gasteiger partial charge on any atom is -0.464 e. The van der Waals surface area contributed by atoms with Crippen molar-refractivity contribution >= 4 is 12.1 Å². The van der Waals surface area contributed by atoms with E-state index in [-0.39, 0.29) is 11.9 Å². The molecule has 0 aromatic carbocycles. The van der Waals surface area contributed by atoms with Gasteiger partial charge in [0, 0.05) is 7.05 Å². The van der Waals surface area contributed by atoms with Gasteiger partial charge in [-0.1, -0.05) is 156 Å². The Hall–Kier alpha value is -1.26. The predicted molar refractivity (Wildman–Crippen MR) is 162 cm³/mol. The topological polar surface area (TPSA) is 55.8 Å². The van der Waals surface area contributed by atoms with Crippen LogP contribution >= 0.6 is 0 Å². The van der Waals surface area contributed by atoms with Crippen LogP contribution < -0.4 is 0 Å². The van der Waals surface area contributed by atoms with Crippen molar-refractivity contribution in [1.82, 2.24) is 4.90 Å². The van der Waals surface area contributed by atoms with E-state index in [1.165, 1.54) is 120 Å². The maximum atomic E-state index is 12.7. The second kappa shape index (κ2) is 27.3. The van der Waals surface area contributed by atoms with Crippen molar-refractivity contribution in [3.8, 4) is 0 Å². The molecule has 1 amide bonds. The molecular formula is C33H65NO4. The zero-order valence-corrected chi connectivity index (χ0v) is 26.2. The Balaban J connectivity index is 3.84. The highest BCUT2D eigenvalue weighted by Crippen LogP contribution is 2.15. The van der Waals surface area contributed by atoms with Gasteiger partial charge in [0.05, 0.1) is 13.2 Å². The van der Waals surface area contributed by atoms with Gasteiger partial charge < -0.3 is 9.47 Å². The van der Waals surface area contributed by atoms with E-state index in [0.717, 1.165) is 25.7 Å². The van der Waals surface area contributed by atoms with Gasteiger partial charge >= 0.3 is 12.1 Å². The Morgan fingerprint density at radius 2 is 0.842 bits per heavy atom. The Bertz CT molecular complexity index is 537.